The number of allylic oxidation sites excluding steroid dienone is 4. The minimum Gasteiger partial charge on any atom is -0.465 e. The van der Waals surface area contributed by atoms with Gasteiger partial charge in [0, 0.05) is 11.8 Å². The van der Waals surface area contributed by atoms with Gasteiger partial charge in [-0.3, -0.25) is 9.59 Å². The number of ketones is 1. The van der Waals surface area contributed by atoms with E-state index in [1.165, 1.54) is 25.7 Å². The first-order valence-electron chi connectivity index (χ1n) is 10.0. The first kappa shape index (κ1) is 15.8. The molecule has 3 heteroatoms. The molecule has 25 heavy (non-hydrogen) atoms. The van der Waals surface area contributed by atoms with Crippen LogP contribution >= 0.6 is 0 Å². The molecule has 0 aromatic rings. The van der Waals surface area contributed by atoms with Gasteiger partial charge in [0.25, 0.3) is 0 Å². The Balaban J connectivity index is 1.70. The zero-order valence-corrected chi connectivity index (χ0v) is 15.3. The standard InChI is InChI=1S/C22H28O3/c1-21-9-7-18-16-5-3-14-11-15(23)12-19(22(14,18)2)20(24)25-10-8-13(21)4-6-17(16)21/h3,5,11,13,16-19H,4,6-10,12H2,1-2H3/t13-,16-,17-,18-,19?,21+,22-/m0/s1. The molecule has 2 heterocycles. The Labute approximate surface area is 149 Å². The van der Waals surface area contributed by atoms with E-state index in [-0.39, 0.29) is 23.1 Å². The van der Waals surface area contributed by atoms with E-state index in [2.05, 4.69) is 26.0 Å². The van der Waals surface area contributed by atoms with E-state index in [9.17, 15) is 9.59 Å². The van der Waals surface area contributed by atoms with E-state index in [1.807, 2.05) is 0 Å². The average Bonchev–Trinajstić information content (AvgIpc) is 2.90. The summed E-state index contributed by atoms with van der Waals surface area (Å²) < 4.78 is 5.74. The van der Waals surface area contributed by atoms with Crippen molar-refractivity contribution in [2.24, 2.45) is 40.4 Å². The van der Waals surface area contributed by atoms with Crippen molar-refractivity contribution in [3.8, 4) is 0 Å². The van der Waals surface area contributed by atoms with Crippen LogP contribution in [0.2, 0.25) is 0 Å². The molecule has 4 fully saturated rings. The van der Waals surface area contributed by atoms with Crippen LogP contribution in [0.5, 0.6) is 0 Å². The smallest absolute Gasteiger partial charge is 0.310 e. The lowest BCUT2D eigenvalue weighted by molar-refractivity contribution is -0.157. The number of ether oxygens (including phenoxy) is 1. The second-order valence-corrected chi connectivity index (χ2v) is 9.53. The molecule has 134 valence electrons. The van der Waals surface area contributed by atoms with E-state index in [4.69, 9.17) is 4.74 Å². The highest BCUT2D eigenvalue weighted by Gasteiger charge is 2.61. The predicted octanol–water partition coefficient (Wildman–Crippen LogP) is 4.08. The van der Waals surface area contributed by atoms with Gasteiger partial charge in [-0.2, -0.15) is 0 Å². The van der Waals surface area contributed by atoms with Crippen LogP contribution in [-0.2, 0) is 14.3 Å². The summed E-state index contributed by atoms with van der Waals surface area (Å²) in [6.07, 6.45) is 12.7. The predicted molar refractivity (Wildman–Crippen MR) is 94.6 cm³/mol. The van der Waals surface area contributed by atoms with Crippen LogP contribution in [0.15, 0.2) is 23.8 Å². The number of rotatable bonds is 0. The van der Waals surface area contributed by atoms with Gasteiger partial charge in [0.15, 0.2) is 5.78 Å². The summed E-state index contributed by atoms with van der Waals surface area (Å²) in [5.41, 5.74) is 1.22. The monoisotopic (exact) mass is 340 g/mol. The Morgan fingerprint density at radius 1 is 1.08 bits per heavy atom. The fourth-order valence-corrected chi connectivity index (χ4v) is 7.39. The Kier molecular flexibility index (Phi) is 3.22. The number of carbonyl (C=O) groups is 2. The normalized spacial score (nSPS) is 51.0. The number of hydrogen-bond donors (Lipinski definition) is 0. The van der Waals surface area contributed by atoms with Crippen LogP contribution in [0.25, 0.3) is 0 Å². The molecular formula is C22H28O3. The third kappa shape index (κ3) is 1.93. The van der Waals surface area contributed by atoms with Crippen LogP contribution in [0.3, 0.4) is 0 Å². The van der Waals surface area contributed by atoms with E-state index >= 15 is 0 Å². The zero-order valence-electron chi connectivity index (χ0n) is 15.3. The summed E-state index contributed by atoms with van der Waals surface area (Å²) in [7, 11) is 0. The quantitative estimate of drug-likeness (QED) is 0.624. The largest absolute Gasteiger partial charge is 0.465 e. The molecule has 0 aromatic heterocycles. The average molecular weight is 340 g/mol. The van der Waals surface area contributed by atoms with Crippen LogP contribution in [0, 0.1) is 40.4 Å². The van der Waals surface area contributed by atoms with Crippen molar-refractivity contribution >= 4 is 11.8 Å². The highest BCUT2D eigenvalue weighted by atomic mass is 16.5. The Hall–Kier alpha value is -1.38. The van der Waals surface area contributed by atoms with E-state index in [0.29, 0.717) is 36.2 Å². The topological polar surface area (TPSA) is 43.4 Å². The van der Waals surface area contributed by atoms with Gasteiger partial charge in [-0.25, -0.2) is 0 Å². The van der Waals surface area contributed by atoms with Crippen molar-refractivity contribution in [2.75, 3.05) is 6.61 Å². The summed E-state index contributed by atoms with van der Waals surface area (Å²) in [4.78, 5) is 25.2. The van der Waals surface area contributed by atoms with E-state index < -0.39 is 0 Å². The molecule has 0 spiro atoms. The van der Waals surface area contributed by atoms with Gasteiger partial charge in [-0.05, 0) is 72.8 Å². The number of fused-ring (bicyclic) bond motifs is 4. The molecule has 7 atom stereocenters. The molecule has 0 aromatic carbocycles. The molecular weight excluding hydrogens is 312 g/mol. The van der Waals surface area contributed by atoms with E-state index in [1.54, 1.807) is 6.08 Å². The summed E-state index contributed by atoms with van der Waals surface area (Å²) in [5.74, 6) is 2.04. The first-order valence-corrected chi connectivity index (χ1v) is 10.0. The van der Waals surface area contributed by atoms with Crippen molar-refractivity contribution in [3.05, 3.63) is 23.8 Å². The molecule has 6 bridgehead atoms. The van der Waals surface area contributed by atoms with Crippen molar-refractivity contribution in [1.82, 2.24) is 0 Å². The first-order chi connectivity index (χ1) is 11.9. The number of carbonyl (C=O) groups excluding carboxylic acids is 2. The van der Waals surface area contributed by atoms with E-state index in [0.717, 1.165) is 17.9 Å². The second-order valence-electron chi connectivity index (χ2n) is 9.53. The number of hydrogen-bond acceptors (Lipinski definition) is 3. The summed E-state index contributed by atoms with van der Waals surface area (Å²) in [6, 6.07) is 0. The maximum atomic E-state index is 12.9. The molecule has 0 radical (unpaired) electrons. The van der Waals surface area contributed by atoms with Crippen LogP contribution in [0.1, 0.15) is 52.4 Å². The third-order valence-electron chi connectivity index (χ3n) is 8.86. The molecule has 1 unspecified atom stereocenters. The summed E-state index contributed by atoms with van der Waals surface area (Å²) in [6.45, 7) is 5.26. The van der Waals surface area contributed by atoms with Crippen LogP contribution in [-0.4, -0.2) is 18.4 Å². The summed E-state index contributed by atoms with van der Waals surface area (Å²) in [5, 5.41) is 0. The lowest BCUT2D eigenvalue weighted by Gasteiger charge is -2.57. The van der Waals surface area contributed by atoms with Gasteiger partial charge in [-0.1, -0.05) is 26.0 Å². The molecule has 0 N–H and O–H groups in total. The molecule has 6 rings (SSSR count). The van der Waals surface area contributed by atoms with Gasteiger partial charge in [0.05, 0.1) is 12.5 Å². The SMILES string of the molecule is C[C@@]12CC[C@H]3[C@H]4C=CC5=CC(=O)CC(C(=O)OCC[C@@H]1CC[C@@H]42)[C@@]53C. The lowest BCUT2D eigenvalue weighted by atomic mass is 9.46. The Bertz CT molecular complexity index is 704. The van der Waals surface area contributed by atoms with Crippen LogP contribution < -0.4 is 0 Å². The van der Waals surface area contributed by atoms with Gasteiger partial charge in [-0.15, -0.1) is 0 Å². The molecule has 6 aliphatic rings. The molecule has 2 saturated heterocycles. The fourth-order valence-electron chi connectivity index (χ4n) is 7.39. The van der Waals surface area contributed by atoms with Gasteiger partial charge in [0.2, 0.25) is 0 Å². The van der Waals surface area contributed by atoms with Gasteiger partial charge < -0.3 is 4.74 Å². The maximum Gasteiger partial charge on any atom is 0.310 e. The third-order valence-corrected chi connectivity index (χ3v) is 8.86. The van der Waals surface area contributed by atoms with Crippen molar-refractivity contribution < 1.29 is 14.3 Å². The van der Waals surface area contributed by atoms with Crippen LogP contribution in [0.4, 0.5) is 0 Å². The van der Waals surface area contributed by atoms with Gasteiger partial charge in [0.1, 0.15) is 0 Å². The minimum atomic E-state index is -0.307. The molecule has 3 nitrogen and oxygen atoms in total. The van der Waals surface area contributed by atoms with Crippen molar-refractivity contribution in [3.63, 3.8) is 0 Å². The highest BCUT2D eigenvalue weighted by Crippen LogP contribution is 2.66. The Morgan fingerprint density at radius 3 is 2.76 bits per heavy atom. The molecule has 2 aliphatic heterocycles. The van der Waals surface area contributed by atoms with Crippen molar-refractivity contribution in [1.29, 1.82) is 0 Å². The fraction of sp³-hybridized carbons (Fsp3) is 0.727. The minimum absolute atomic E-state index is 0.0783. The summed E-state index contributed by atoms with van der Waals surface area (Å²) >= 11 is 0. The number of esters is 1. The molecule has 2 saturated carbocycles. The van der Waals surface area contributed by atoms with Crippen molar-refractivity contribution in [2.45, 2.75) is 52.4 Å². The molecule has 0 amide bonds. The zero-order chi connectivity index (χ0) is 17.4. The Morgan fingerprint density at radius 2 is 1.92 bits per heavy atom. The maximum absolute atomic E-state index is 12.9. The lowest BCUT2D eigenvalue weighted by Crippen LogP contribution is -2.53. The highest BCUT2D eigenvalue weighted by molar-refractivity contribution is 5.96. The van der Waals surface area contributed by atoms with Gasteiger partial charge >= 0.3 is 5.97 Å². The molecule has 4 aliphatic carbocycles. The second kappa shape index (κ2) is 5.08.